The number of methoxy groups -OCH3 is 1. The SMILES string of the molecule is C=C[C@@H]1C[C@]1(NC(=O)[C@@H]1C[C@@H](Oc2cc(-c3ccccc3)nc3cc(OC)ccc23)CN1C(=O)[C@H](CN(C)S(=O)(=O)c1ccccc1N=O)NC(=O)OC(C)(C)C)C(=O)NS(=O)(=O)C1CC1. The smallest absolute Gasteiger partial charge is 0.408 e. The monoisotopic (exact) mass is 945 g/mol. The molecule has 19 nitrogen and oxygen atoms in total. The second-order valence-corrected chi connectivity index (χ2v) is 21.4. The average Bonchev–Trinajstić information content (AvgIpc) is 4.22. The number of nitroso groups, excluding NO2 is 1. The number of hydrogen-bond acceptors (Lipinski definition) is 14. The van der Waals surface area contributed by atoms with Crippen molar-refractivity contribution in [1.82, 2.24) is 29.5 Å². The molecule has 1 aromatic heterocycles. The molecule has 1 aliphatic heterocycles. The van der Waals surface area contributed by atoms with E-state index in [1.165, 1.54) is 37.5 Å². The van der Waals surface area contributed by atoms with Crippen LogP contribution >= 0.6 is 0 Å². The number of amides is 4. The van der Waals surface area contributed by atoms with Crippen molar-refractivity contribution in [3.05, 3.63) is 96.4 Å². The summed E-state index contributed by atoms with van der Waals surface area (Å²) < 4.78 is 74.1. The number of carbonyl (C=O) groups is 4. The van der Waals surface area contributed by atoms with E-state index in [4.69, 9.17) is 19.2 Å². The Balaban J connectivity index is 1.26. The molecule has 4 aromatic rings. The second kappa shape index (κ2) is 18.4. The van der Waals surface area contributed by atoms with Crippen molar-refractivity contribution in [2.75, 3.05) is 27.2 Å². The summed E-state index contributed by atoms with van der Waals surface area (Å²) in [4.78, 5) is 74.0. The summed E-state index contributed by atoms with van der Waals surface area (Å²) in [5.41, 5.74) is -1.33. The highest BCUT2D eigenvalue weighted by molar-refractivity contribution is 7.91. The van der Waals surface area contributed by atoms with Gasteiger partial charge in [-0.15, -0.1) is 11.5 Å². The average molecular weight is 946 g/mol. The van der Waals surface area contributed by atoms with Crippen molar-refractivity contribution in [2.45, 2.75) is 85.9 Å². The highest BCUT2D eigenvalue weighted by atomic mass is 32.2. The van der Waals surface area contributed by atoms with Crippen LogP contribution in [0.25, 0.3) is 22.2 Å². The molecule has 21 heteroatoms. The van der Waals surface area contributed by atoms with Crippen molar-refractivity contribution < 1.29 is 50.2 Å². The molecule has 0 bridgehead atoms. The molecule has 350 valence electrons. The number of nitrogens with one attached hydrogen (secondary N) is 3. The van der Waals surface area contributed by atoms with E-state index in [1.54, 1.807) is 45.0 Å². The molecule has 3 aliphatic rings. The number of likely N-dealkylation sites (tertiary alicyclic amines) is 1. The Morgan fingerprint density at radius 1 is 1.02 bits per heavy atom. The zero-order valence-corrected chi connectivity index (χ0v) is 38.6. The minimum atomic E-state index is -4.54. The molecule has 4 amide bonds. The third kappa shape index (κ3) is 10.2. The van der Waals surface area contributed by atoms with Gasteiger partial charge in [0, 0.05) is 49.0 Å². The molecule has 7 rings (SSSR count). The lowest BCUT2D eigenvalue weighted by atomic mass is 10.1. The van der Waals surface area contributed by atoms with E-state index in [0.29, 0.717) is 40.9 Å². The third-order valence-corrected chi connectivity index (χ3v) is 15.2. The van der Waals surface area contributed by atoms with Gasteiger partial charge < -0.3 is 29.7 Å². The van der Waals surface area contributed by atoms with E-state index in [9.17, 15) is 36.1 Å². The molecular weight excluding hydrogens is 895 g/mol. The maximum Gasteiger partial charge on any atom is 0.408 e. The fourth-order valence-electron chi connectivity index (χ4n) is 7.84. The van der Waals surface area contributed by atoms with Crippen LogP contribution in [0.5, 0.6) is 11.5 Å². The van der Waals surface area contributed by atoms with Crippen molar-refractivity contribution in [2.24, 2.45) is 11.1 Å². The number of carbonyl (C=O) groups excluding carboxylic acids is 4. The molecule has 1 saturated heterocycles. The molecule has 2 saturated carbocycles. The van der Waals surface area contributed by atoms with Crippen LogP contribution in [-0.4, -0.2) is 117 Å². The first kappa shape index (κ1) is 47.5. The van der Waals surface area contributed by atoms with Gasteiger partial charge in [0.15, 0.2) is 0 Å². The molecule has 2 aliphatic carbocycles. The Hall–Kier alpha value is -6.45. The van der Waals surface area contributed by atoms with Gasteiger partial charge in [0.1, 0.15) is 51.4 Å². The number of nitrogens with zero attached hydrogens (tertiary/aromatic N) is 4. The molecule has 66 heavy (non-hydrogen) atoms. The van der Waals surface area contributed by atoms with E-state index in [0.717, 1.165) is 21.8 Å². The van der Waals surface area contributed by atoms with Gasteiger partial charge in [-0.05, 0) is 69.5 Å². The van der Waals surface area contributed by atoms with Gasteiger partial charge in [-0.2, -0.15) is 4.31 Å². The van der Waals surface area contributed by atoms with Crippen molar-refractivity contribution >= 4 is 60.5 Å². The van der Waals surface area contributed by atoms with E-state index < -0.39 is 95.8 Å². The zero-order valence-electron chi connectivity index (χ0n) is 36.9. The second-order valence-electron chi connectivity index (χ2n) is 17.5. The quantitative estimate of drug-likeness (QED) is 0.0973. The minimum Gasteiger partial charge on any atom is -0.497 e. The van der Waals surface area contributed by atoms with Crippen LogP contribution in [0, 0.1) is 10.8 Å². The summed E-state index contributed by atoms with van der Waals surface area (Å²) in [5, 5.41) is 7.88. The normalized spacial score (nSPS) is 21.1. The summed E-state index contributed by atoms with van der Waals surface area (Å²) in [6.07, 6.45) is 0.0144. The maximum atomic E-state index is 15.0. The number of alkyl carbamates (subject to hydrolysis) is 1. The van der Waals surface area contributed by atoms with Crippen LogP contribution in [0.1, 0.15) is 46.5 Å². The molecule has 3 N–H and O–H groups in total. The van der Waals surface area contributed by atoms with Crippen LogP contribution in [0.15, 0.2) is 102 Å². The van der Waals surface area contributed by atoms with Crippen molar-refractivity contribution in [3.63, 3.8) is 0 Å². The highest BCUT2D eigenvalue weighted by Gasteiger charge is 2.62. The molecular formula is C45H51N7O12S2. The number of aromatic nitrogens is 1. The van der Waals surface area contributed by atoms with Crippen LogP contribution in [0.4, 0.5) is 10.5 Å². The fourth-order valence-corrected chi connectivity index (χ4v) is 10.5. The lowest BCUT2D eigenvalue weighted by Gasteiger charge is -2.31. The Labute approximate surface area is 382 Å². The standard InChI is InChI=1S/C45H51N7O12S2/c1-7-28-24-45(28,42(55)50-65(58,59)31-18-19-31)48-40(53)37-22-30(63-38-23-34(27-13-9-8-10-14-27)46-35-21-29(62-6)17-20-32(35)38)25-52(37)41(54)36(47-43(56)64-44(2,3)4)26-51(5)66(60,61)39-16-12-11-15-33(39)49-57/h7-17,20-21,23,28,30-31,36-37H,1,18-19,22,24-26H2,2-6H3,(H,47,56)(H,48,53)(H,50,55)/t28-,30-,36+,37+,45-/m1/s1. The minimum absolute atomic E-state index is 0.0200. The third-order valence-electron chi connectivity index (χ3n) is 11.5. The van der Waals surface area contributed by atoms with E-state index in [-0.39, 0.29) is 25.1 Å². The van der Waals surface area contributed by atoms with Crippen LogP contribution in [0.3, 0.4) is 0 Å². The van der Waals surface area contributed by atoms with Gasteiger partial charge in [-0.25, -0.2) is 26.6 Å². The molecule has 0 unspecified atom stereocenters. The Morgan fingerprint density at radius 2 is 1.71 bits per heavy atom. The van der Waals surface area contributed by atoms with Crippen molar-refractivity contribution in [1.29, 1.82) is 0 Å². The summed E-state index contributed by atoms with van der Waals surface area (Å²) >= 11 is 0. The summed E-state index contributed by atoms with van der Waals surface area (Å²) in [7, 11) is -5.90. The maximum absolute atomic E-state index is 15.0. The molecule has 3 aromatic carbocycles. The van der Waals surface area contributed by atoms with E-state index in [1.807, 2.05) is 30.3 Å². The number of benzene rings is 3. The summed E-state index contributed by atoms with van der Waals surface area (Å²) in [6, 6.07) is 18.3. The van der Waals surface area contributed by atoms with Crippen LogP contribution in [-0.2, 0) is 39.2 Å². The number of fused-ring (bicyclic) bond motifs is 1. The van der Waals surface area contributed by atoms with Crippen LogP contribution in [0.2, 0.25) is 0 Å². The Kier molecular flexibility index (Phi) is 13.3. The fraction of sp³-hybridized carbons (Fsp3) is 0.400. The summed E-state index contributed by atoms with van der Waals surface area (Å²) in [6.45, 7) is 7.52. The Bertz CT molecular complexity index is 2800. The predicted molar refractivity (Wildman–Crippen MR) is 242 cm³/mol. The van der Waals surface area contributed by atoms with Gasteiger partial charge >= 0.3 is 6.09 Å². The number of likely N-dealkylation sites (N-methyl/N-ethyl adjacent to an activating group) is 1. The molecule has 2 heterocycles. The first-order valence-electron chi connectivity index (χ1n) is 21.1. The predicted octanol–water partition coefficient (Wildman–Crippen LogP) is 4.54. The van der Waals surface area contributed by atoms with Gasteiger partial charge in [0.2, 0.25) is 31.9 Å². The van der Waals surface area contributed by atoms with E-state index in [2.05, 4.69) is 27.1 Å². The van der Waals surface area contributed by atoms with Gasteiger partial charge in [0.25, 0.3) is 5.91 Å². The molecule has 0 radical (unpaired) electrons. The van der Waals surface area contributed by atoms with Crippen LogP contribution < -0.4 is 24.8 Å². The largest absolute Gasteiger partial charge is 0.497 e. The van der Waals surface area contributed by atoms with E-state index >= 15 is 4.79 Å². The molecule has 5 atom stereocenters. The number of pyridine rings is 1. The molecule has 0 spiro atoms. The zero-order chi connectivity index (χ0) is 47.8. The van der Waals surface area contributed by atoms with Gasteiger partial charge in [0.05, 0.1) is 30.1 Å². The van der Waals surface area contributed by atoms with Crippen molar-refractivity contribution in [3.8, 4) is 22.8 Å². The summed E-state index contributed by atoms with van der Waals surface area (Å²) in [5.74, 6) is -2.53. The Morgan fingerprint density at radius 3 is 2.35 bits per heavy atom. The first-order valence-corrected chi connectivity index (χ1v) is 24.1. The number of hydrogen-bond donors (Lipinski definition) is 3. The molecule has 3 fully saturated rings. The topological polar surface area (TPSA) is 249 Å². The number of ether oxygens (including phenoxy) is 3. The van der Waals surface area contributed by atoms with Gasteiger partial charge in [-0.1, -0.05) is 48.5 Å². The lowest BCUT2D eigenvalue weighted by Crippen LogP contribution is -2.60. The lowest BCUT2D eigenvalue weighted by molar-refractivity contribution is -0.141. The van der Waals surface area contributed by atoms with Gasteiger partial charge in [-0.3, -0.25) is 19.1 Å². The first-order chi connectivity index (χ1) is 31.2. The highest BCUT2D eigenvalue weighted by Crippen LogP contribution is 2.46. The number of rotatable bonds is 17. The number of sulfonamides is 2.